The molecule has 2 amide bonds. The van der Waals surface area contributed by atoms with Crippen molar-refractivity contribution in [3.63, 3.8) is 0 Å². The molecule has 1 saturated carbocycles. The fourth-order valence-electron chi connectivity index (χ4n) is 5.52. The van der Waals surface area contributed by atoms with Gasteiger partial charge < -0.3 is 30.1 Å². The first-order valence-corrected chi connectivity index (χ1v) is 16.1. The number of para-hydroxylation sites is 2. The molecule has 1 aliphatic carbocycles. The lowest BCUT2D eigenvalue weighted by molar-refractivity contribution is -0.126. The van der Waals surface area contributed by atoms with Crippen molar-refractivity contribution in [3.8, 4) is 11.7 Å². The number of rotatable bonds is 12. The van der Waals surface area contributed by atoms with Gasteiger partial charge in [0.2, 0.25) is 17.7 Å². The summed E-state index contributed by atoms with van der Waals surface area (Å²) in [7, 11) is 0. The van der Waals surface area contributed by atoms with Crippen LogP contribution in [0.5, 0.6) is 5.88 Å². The van der Waals surface area contributed by atoms with Crippen molar-refractivity contribution >= 4 is 40.7 Å². The number of halogens is 2. The summed E-state index contributed by atoms with van der Waals surface area (Å²) in [6, 6.07) is 8.44. The molecule has 0 bridgehead atoms. The molecule has 12 nitrogen and oxygen atoms in total. The molecule has 0 spiro atoms. The number of carbonyl (C=O) groups is 2. The highest BCUT2D eigenvalue weighted by molar-refractivity contribution is 7.98. The fourth-order valence-corrected chi connectivity index (χ4v) is 6.04. The van der Waals surface area contributed by atoms with E-state index in [1.165, 1.54) is 4.57 Å². The first kappa shape index (κ1) is 31.7. The van der Waals surface area contributed by atoms with Gasteiger partial charge >= 0.3 is 6.09 Å². The quantitative estimate of drug-likeness (QED) is 0.267. The summed E-state index contributed by atoms with van der Waals surface area (Å²) in [4.78, 5) is 39.3. The Kier molecular flexibility index (Phi) is 10.7. The standard InChI is InChI=1S/C29H37F2N7O5S/c1-44-15-10-18(17-32-29(40)41)27(39)33-19-6-8-20(9-7-19)43-24-16-23(35-28(36-24)37-11-13-42-14-12-37)38-22-5-3-2-4-21(22)34-26(38)25(30)31/h2-5,16,18-20,25,32H,6-15,17H2,1H3,(H,33,39)(H,40,41)/t18-,19-,20-/m0/s1. The Balaban J connectivity index is 1.31. The highest BCUT2D eigenvalue weighted by atomic mass is 32.2. The maximum absolute atomic E-state index is 14.2. The number of benzene rings is 1. The third-order valence-electron chi connectivity index (χ3n) is 7.83. The van der Waals surface area contributed by atoms with Crippen molar-refractivity contribution in [2.45, 2.75) is 50.7 Å². The molecule has 5 rings (SSSR count). The molecule has 2 aromatic heterocycles. The van der Waals surface area contributed by atoms with Crippen LogP contribution in [0, 0.1) is 5.92 Å². The van der Waals surface area contributed by atoms with Gasteiger partial charge in [0.15, 0.2) is 5.82 Å². The van der Waals surface area contributed by atoms with Crippen molar-refractivity contribution in [3.05, 3.63) is 36.2 Å². The van der Waals surface area contributed by atoms with Gasteiger partial charge in [0.05, 0.1) is 30.2 Å². The highest BCUT2D eigenvalue weighted by Crippen LogP contribution is 2.31. The summed E-state index contributed by atoms with van der Waals surface area (Å²) in [6.07, 6.45) is 1.00. The molecule has 3 aromatic rings. The monoisotopic (exact) mass is 633 g/mol. The minimum absolute atomic E-state index is 0.0558. The van der Waals surface area contributed by atoms with Gasteiger partial charge in [0, 0.05) is 31.7 Å². The van der Waals surface area contributed by atoms with Crippen LogP contribution in [-0.4, -0.2) is 93.6 Å². The molecule has 3 heterocycles. The Bertz CT molecular complexity index is 1430. The summed E-state index contributed by atoms with van der Waals surface area (Å²) >= 11 is 1.61. The third kappa shape index (κ3) is 7.86. The molecule has 2 aliphatic rings. The number of amides is 2. The number of nitrogens with one attached hydrogen (secondary N) is 2. The van der Waals surface area contributed by atoms with Gasteiger partial charge in [-0.05, 0) is 56.2 Å². The number of fused-ring (bicyclic) bond motifs is 1. The number of thioether (sulfide) groups is 1. The normalized spacial score (nSPS) is 19.6. The van der Waals surface area contributed by atoms with Gasteiger partial charge in [-0.25, -0.2) is 18.6 Å². The molecule has 2 fully saturated rings. The summed E-state index contributed by atoms with van der Waals surface area (Å²) in [5.41, 5.74) is 0.942. The molecule has 0 unspecified atom stereocenters. The second kappa shape index (κ2) is 14.8. The first-order chi connectivity index (χ1) is 21.3. The average Bonchev–Trinajstić information content (AvgIpc) is 3.42. The molecule has 1 aromatic carbocycles. The van der Waals surface area contributed by atoms with Crippen LogP contribution in [0.1, 0.15) is 44.4 Å². The lowest BCUT2D eigenvalue weighted by Crippen LogP contribution is -2.45. The number of carboxylic acid groups (broad SMARTS) is 1. The number of morpholine rings is 1. The van der Waals surface area contributed by atoms with E-state index >= 15 is 0 Å². The number of anilines is 1. The van der Waals surface area contributed by atoms with Gasteiger partial charge in [-0.1, -0.05) is 12.1 Å². The number of alkyl halides is 2. The molecular weight excluding hydrogens is 596 g/mol. The van der Waals surface area contributed by atoms with Crippen LogP contribution in [0.2, 0.25) is 0 Å². The van der Waals surface area contributed by atoms with E-state index < -0.39 is 24.3 Å². The van der Waals surface area contributed by atoms with Gasteiger partial charge in [0.25, 0.3) is 6.43 Å². The Morgan fingerprint density at radius 2 is 1.89 bits per heavy atom. The topological polar surface area (TPSA) is 144 Å². The van der Waals surface area contributed by atoms with Gasteiger partial charge in [-0.15, -0.1) is 0 Å². The Morgan fingerprint density at radius 1 is 1.14 bits per heavy atom. The largest absolute Gasteiger partial charge is 0.474 e. The van der Waals surface area contributed by atoms with Crippen LogP contribution in [-0.2, 0) is 9.53 Å². The van der Waals surface area contributed by atoms with Crippen molar-refractivity contribution in [2.75, 3.05) is 49.8 Å². The Morgan fingerprint density at radius 3 is 2.59 bits per heavy atom. The lowest BCUT2D eigenvalue weighted by Gasteiger charge is -2.31. The van der Waals surface area contributed by atoms with E-state index in [-0.39, 0.29) is 36.3 Å². The van der Waals surface area contributed by atoms with Crippen molar-refractivity contribution < 1.29 is 33.0 Å². The molecule has 1 aliphatic heterocycles. The number of hydrogen-bond acceptors (Lipinski definition) is 9. The minimum Gasteiger partial charge on any atom is -0.474 e. The van der Waals surface area contributed by atoms with E-state index in [4.69, 9.17) is 14.6 Å². The molecule has 1 atom stereocenters. The van der Waals surface area contributed by atoms with Gasteiger partial charge in [-0.2, -0.15) is 21.7 Å². The molecule has 1 saturated heterocycles. The average molecular weight is 634 g/mol. The second-order valence-corrected chi connectivity index (χ2v) is 11.8. The molecule has 0 radical (unpaired) electrons. The number of nitrogens with zero attached hydrogens (tertiary/aromatic N) is 5. The van der Waals surface area contributed by atoms with E-state index in [0.29, 0.717) is 75.4 Å². The fraction of sp³-hybridized carbons (Fsp3) is 0.552. The number of ether oxygens (including phenoxy) is 2. The lowest BCUT2D eigenvalue weighted by atomic mass is 9.92. The molecular formula is C29H37F2N7O5S. The first-order valence-electron chi connectivity index (χ1n) is 14.7. The smallest absolute Gasteiger partial charge is 0.404 e. The highest BCUT2D eigenvalue weighted by Gasteiger charge is 2.28. The Labute approximate surface area is 257 Å². The number of hydrogen-bond donors (Lipinski definition) is 3. The van der Waals surface area contributed by atoms with Crippen molar-refractivity contribution in [1.82, 2.24) is 30.2 Å². The number of imidazole rings is 1. The van der Waals surface area contributed by atoms with Crippen LogP contribution in [0.25, 0.3) is 16.9 Å². The van der Waals surface area contributed by atoms with Crippen LogP contribution in [0.15, 0.2) is 30.3 Å². The van der Waals surface area contributed by atoms with E-state index in [2.05, 4.69) is 25.6 Å². The predicted molar refractivity (Wildman–Crippen MR) is 162 cm³/mol. The van der Waals surface area contributed by atoms with E-state index in [1.807, 2.05) is 11.2 Å². The van der Waals surface area contributed by atoms with Crippen LogP contribution in [0.3, 0.4) is 0 Å². The van der Waals surface area contributed by atoms with Crippen LogP contribution in [0.4, 0.5) is 19.5 Å². The summed E-state index contributed by atoms with van der Waals surface area (Å²) < 4.78 is 41.5. The van der Waals surface area contributed by atoms with Crippen molar-refractivity contribution in [2.24, 2.45) is 5.92 Å². The summed E-state index contributed by atoms with van der Waals surface area (Å²) in [5, 5.41) is 14.4. The van der Waals surface area contributed by atoms with E-state index in [9.17, 15) is 18.4 Å². The molecule has 3 N–H and O–H groups in total. The maximum atomic E-state index is 14.2. The van der Waals surface area contributed by atoms with Gasteiger partial charge in [0.1, 0.15) is 11.9 Å². The SMILES string of the molecule is CSCC[C@@H](CNC(=O)O)C(=O)N[C@H]1CC[C@H](Oc2cc(-n3c(C(F)F)nc4ccccc43)nc(N3CCOCC3)n2)CC1. The zero-order valence-corrected chi connectivity index (χ0v) is 25.3. The molecule has 15 heteroatoms. The maximum Gasteiger partial charge on any atom is 0.404 e. The molecule has 44 heavy (non-hydrogen) atoms. The van der Waals surface area contributed by atoms with Crippen LogP contribution < -0.4 is 20.3 Å². The van der Waals surface area contributed by atoms with E-state index in [1.54, 1.807) is 42.1 Å². The van der Waals surface area contributed by atoms with Crippen LogP contribution >= 0.6 is 11.8 Å². The minimum atomic E-state index is -2.82. The molecule has 238 valence electrons. The predicted octanol–water partition coefficient (Wildman–Crippen LogP) is 4.03. The third-order valence-corrected chi connectivity index (χ3v) is 8.48. The number of carbonyl (C=O) groups excluding carboxylic acids is 1. The number of aromatic nitrogens is 4. The summed E-state index contributed by atoms with van der Waals surface area (Å²) in [6.45, 7) is 2.18. The van der Waals surface area contributed by atoms with Crippen molar-refractivity contribution in [1.29, 1.82) is 0 Å². The second-order valence-electron chi connectivity index (χ2n) is 10.8. The van der Waals surface area contributed by atoms with E-state index in [0.717, 1.165) is 5.75 Å². The summed E-state index contributed by atoms with van der Waals surface area (Å²) in [5.74, 6) is 0.631. The van der Waals surface area contributed by atoms with Gasteiger partial charge in [-0.3, -0.25) is 9.36 Å². The zero-order chi connectivity index (χ0) is 31.1. The zero-order valence-electron chi connectivity index (χ0n) is 24.5. The Hall–Kier alpha value is -3.72.